The lowest BCUT2D eigenvalue weighted by molar-refractivity contribution is 0.0944. The summed E-state index contributed by atoms with van der Waals surface area (Å²) in [4.78, 5) is 22.5. The van der Waals surface area contributed by atoms with Gasteiger partial charge in [0.1, 0.15) is 11.2 Å². The molecule has 5 N–H and O–H groups in total. The number of nitrogens with two attached hydrogens (primary N) is 1. The number of hydrogen-bond acceptors (Lipinski definition) is 7. The van der Waals surface area contributed by atoms with Crippen molar-refractivity contribution >= 4 is 33.3 Å². The molecule has 3 rings (SSSR count). The van der Waals surface area contributed by atoms with Gasteiger partial charge in [0.25, 0.3) is 5.91 Å². The van der Waals surface area contributed by atoms with Gasteiger partial charge in [-0.3, -0.25) is 4.79 Å². The summed E-state index contributed by atoms with van der Waals surface area (Å²) < 4.78 is 0. The molecule has 1 aromatic carbocycles. The van der Waals surface area contributed by atoms with Crippen molar-refractivity contribution < 1.29 is 9.90 Å². The lowest BCUT2D eigenvalue weighted by Crippen LogP contribution is -2.27. The topological polar surface area (TPSA) is 113 Å². The number of nitrogens with zero attached hydrogens (tertiary/aromatic N) is 2. The number of nitrogens with one attached hydrogen (secondary N) is 2. The van der Waals surface area contributed by atoms with Crippen LogP contribution in [-0.4, -0.2) is 34.1 Å². The van der Waals surface area contributed by atoms with Crippen molar-refractivity contribution in [3.05, 3.63) is 52.7 Å². The molecule has 0 saturated heterocycles. The van der Waals surface area contributed by atoms with Crippen molar-refractivity contribution in [2.45, 2.75) is 6.42 Å². The average Bonchev–Trinajstić information content (AvgIpc) is 3.02. The molecule has 0 saturated carbocycles. The number of aliphatic hydroxyl groups excluding tert-OH is 1. The molecule has 3 aromatic rings. The van der Waals surface area contributed by atoms with Crippen LogP contribution in [0.25, 0.3) is 10.2 Å². The number of aromatic nitrogens is 2. The van der Waals surface area contributed by atoms with E-state index < -0.39 is 0 Å². The molecule has 2 aromatic heterocycles. The molecule has 0 aliphatic heterocycles. The molecule has 2 heterocycles. The van der Waals surface area contributed by atoms with Crippen LogP contribution in [0.5, 0.6) is 0 Å². The molecule has 0 aliphatic rings. The molecule has 0 unspecified atom stereocenters. The number of anilines is 1. The van der Waals surface area contributed by atoms with Crippen LogP contribution in [0, 0.1) is 0 Å². The Morgan fingerprint density at radius 2 is 2.12 bits per heavy atom. The molecule has 0 atom stereocenters. The van der Waals surface area contributed by atoms with E-state index in [4.69, 9.17) is 10.9 Å². The molecule has 7 nitrogen and oxygen atoms in total. The van der Waals surface area contributed by atoms with E-state index in [0.717, 1.165) is 20.7 Å². The molecule has 124 valence electrons. The van der Waals surface area contributed by atoms with E-state index in [1.165, 1.54) is 6.33 Å². The van der Waals surface area contributed by atoms with E-state index in [1.807, 2.05) is 24.3 Å². The van der Waals surface area contributed by atoms with Crippen LogP contribution in [-0.2, 0) is 6.42 Å². The normalized spacial score (nSPS) is 10.8. The van der Waals surface area contributed by atoms with Crippen molar-refractivity contribution in [2.75, 3.05) is 18.6 Å². The van der Waals surface area contributed by atoms with Crippen molar-refractivity contribution in [2.24, 2.45) is 5.84 Å². The largest absolute Gasteiger partial charge is 0.395 e. The van der Waals surface area contributed by atoms with Crippen LogP contribution >= 0.6 is 11.3 Å². The maximum absolute atomic E-state index is 12.2. The number of hydrazine groups is 1. The summed E-state index contributed by atoms with van der Waals surface area (Å²) in [5, 5.41) is 12.4. The third kappa shape index (κ3) is 3.35. The molecule has 0 spiro atoms. The van der Waals surface area contributed by atoms with Crippen molar-refractivity contribution in [3.8, 4) is 0 Å². The quantitative estimate of drug-likeness (QED) is 0.396. The number of aliphatic hydroxyl groups is 1. The van der Waals surface area contributed by atoms with Crippen LogP contribution in [0.1, 0.15) is 20.8 Å². The number of carbonyl (C=O) groups is 1. The number of carbonyl (C=O) groups excluding carboxylic acids is 1. The highest BCUT2D eigenvalue weighted by Gasteiger charge is 2.13. The zero-order valence-corrected chi connectivity index (χ0v) is 13.6. The summed E-state index contributed by atoms with van der Waals surface area (Å²) >= 11 is 1.54. The summed E-state index contributed by atoms with van der Waals surface area (Å²) in [5.41, 5.74) is 4.08. The van der Waals surface area contributed by atoms with Crippen LogP contribution in [0.15, 0.2) is 36.7 Å². The molecule has 0 radical (unpaired) electrons. The fourth-order valence-electron chi connectivity index (χ4n) is 2.46. The van der Waals surface area contributed by atoms with Crippen molar-refractivity contribution in [1.82, 2.24) is 15.3 Å². The number of amides is 1. The summed E-state index contributed by atoms with van der Waals surface area (Å²) in [6.45, 7) is 0.148. The van der Waals surface area contributed by atoms with Gasteiger partial charge in [-0.1, -0.05) is 18.2 Å². The monoisotopic (exact) mass is 343 g/mol. The Bertz CT molecular complexity index is 865. The second kappa shape index (κ2) is 7.35. The maximum atomic E-state index is 12.2. The number of benzene rings is 1. The minimum Gasteiger partial charge on any atom is -0.395 e. The van der Waals surface area contributed by atoms with Gasteiger partial charge < -0.3 is 15.8 Å². The molecule has 0 bridgehead atoms. The van der Waals surface area contributed by atoms with Crippen molar-refractivity contribution in [1.29, 1.82) is 0 Å². The SMILES string of the molecule is NNc1ncnc2sc(Cc3ccccc3C(=O)NCCO)cc12. The van der Waals surface area contributed by atoms with E-state index in [-0.39, 0.29) is 19.1 Å². The van der Waals surface area contributed by atoms with E-state index in [1.54, 1.807) is 17.4 Å². The second-order valence-electron chi connectivity index (χ2n) is 5.11. The van der Waals surface area contributed by atoms with Crippen LogP contribution in [0.2, 0.25) is 0 Å². The van der Waals surface area contributed by atoms with Gasteiger partial charge >= 0.3 is 0 Å². The summed E-state index contributed by atoms with van der Waals surface area (Å²) in [7, 11) is 0. The minimum absolute atomic E-state index is 0.0856. The van der Waals surface area contributed by atoms with Gasteiger partial charge in [-0.05, 0) is 17.7 Å². The van der Waals surface area contributed by atoms with Gasteiger partial charge in [-0.25, -0.2) is 15.8 Å². The predicted molar refractivity (Wildman–Crippen MR) is 93.9 cm³/mol. The first-order chi connectivity index (χ1) is 11.7. The van der Waals surface area contributed by atoms with Gasteiger partial charge in [-0.2, -0.15) is 0 Å². The Labute approximate surface area is 142 Å². The van der Waals surface area contributed by atoms with E-state index >= 15 is 0 Å². The molecule has 0 aliphatic carbocycles. The van der Waals surface area contributed by atoms with Gasteiger partial charge in [0, 0.05) is 23.4 Å². The Kier molecular flexibility index (Phi) is 4.99. The van der Waals surface area contributed by atoms with E-state index in [2.05, 4.69) is 20.7 Å². The molecular formula is C16H17N5O2S. The van der Waals surface area contributed by atoms with Gasteiger partial charge in [0.05, 0.1) is 12.0 Å². The third-order valence-corrected chi connectivity index (χ3v) is 4.58. The van der Waals surface area contributed by atoms with Crippen molar-refractivity contribution in [3.63, 3.8) is 0 Å². The standard InChI is InChI=1S/C16H17N5O2S/c17-21-14-13-8-11(24-16(13)20-9-19-14)7-10-3-1-2-4-12(10)15(23)18-5-6-22/h1-4,8-9,22H,5-7,17H2,(H,18,23)(H,19,20,21). The van der Waals surface area contributed by atoms with Crippen LogP contribution in [0.4, 0.5) is 5.82 Å². The van der Waals surface area contributed by atoms with Gasteiger partial charge in [0.15, 0.2) is 5.82 Å². The fourth-order valence-corrected chi connectivity index (χ4v) is 3.47. The second-order valence-corrected chi connectivity index (χ2v) is 6.23. The number of thiophene rings is 1. The zero-order valence-electron chi connectivity index (χ0n) is 12.8. The summed E-state index contributed by atoms with van der Waals surface area (Å²) in [6.07, 6.45) is 2.07. The van der Waals surface area contributed by atoms with Gasteiger partial charge in [-0.15, -0.1) is 11.3 Å². The Hall–Kier alpha value is -2.55. The number of hydrogen-bond donors (Lipinski definition) is 4. The molecule has 0 fully saturated rings. The van der Waals surface area contributed by atoms with Crippen LogP contribution in [0.3, 0.4) is 0 Å². The summed E-state index contributed by atoms with van der Waals surface area (Å²) in [6, 6.07) is 9.41. The Morgan fingerprint density at radius 1 is 1.29 bits per heavy atom. The Balaban J connectivity index is 1.90. The number of fused-ring (bicyclic) bond motifs is 1. The fraction of sp³-hybridized carbons (Fsp3) is 0.188. The third-order valence-electron chi connectivity index (χ3n) is 3.54. The minimum atomic E-state index is -0.190. The first kappa shape index (κ1) is 16.3. The first-order valence-corrected chi connectivity index (χ1v) is 8.21. The lowest BCUT2D eigenvalue weighted by atomic mass is 10.0. The van der Waals surface area contributed by atoms with Crippen LogP contribution < -0.4 is 16.6 Å². The highest BCUT2D eigenvalue weighted by atomic mass is 32.1. The Morgan fingerprint density at radius 3 is 2.92 bits per heavy atom. The average molecular weight is 343 g/mol. The first-order valence-electron chi connectivity index (χ1n) is 7.40. The highest BCUT2D eigenvalue weighted by Crippen LogP contribution is 2.29. The highest BCUT2D eigenvalue weighted by molar-refractivity contribution is 7.18. The number of rotatable bonds is 6. The predicted octanol–water partition coefficient (Wildman–Crippen LogP) is 1.29. The molecule has 24 heavy (non-hydrogen) atoms. The maximum Gasteiger partial charge on any atom is 0.251 e. The summed E-state index contributed by atoms with van der Waals surface area (Å²) in [5.74, 6) is 5.87. The lowest BCUT2D eigenvalue weighted by Gasteiger charge is -2.08. The van der Waals surface area contributed by atoms with E-state index in [9.17, 15) is 4.79 Å². The van der Waals surface area contributed by atoms with E-state index in [0.29, 0.717) is 17.8 Å². The molecule has 1 amide bonds. The smallest absolute Gasteiger partial charge is 0.251 e. The molecular weight excluding hydrogens is 326 g/mol. The zero-order chi connectivity index (χ0) is 16.9. The number of nitrogen functional groups attached to an aromatic ring is 1. The molecule has 8 heteroatoms. The van der Waals surface area contributed by atoms with Gasteiger partial charge in [0.2, 0.25) is 0 Å².